The van der Waals surface area contributed by atoms with Crippen LogP contribution in [0.25, 0.3) is 0 Å². The van der Waals surface area contributed by atoms with E-state index in [2.05, 4.69) is 0 Å². The molecule has 64 valence electrons. The fourth-order valence-corrected chi connectivity index (χ4v) is 0. The molecule has 0 radical (unpaired) electrons. The highest BCUT2D eigenvalue weighted by molar-refractivity contribution is 5.86. The van der Waals surface area contributed by atoms with Gasteiger partial charge in [0, 0.05) is 12.6 Å². The van der Waals surface area contributed by atoms with E-state index in [1.807, 2.05) is 6.92 Å². The molecule has 0 bridgehead atoms. The highest BCUT2D eigenvalue weighted by Gasteiger charge is 1.79. The SMILES string of the molecule is CC(N)CN.Cl.Cl.Cl.Cl. The molecule has 0 aliphatic heterocycles. The first-order valence-corrected chi connectivity index (χ1v) is 1.73. The maximum atomic E-state index is 5.17. The van der Waals surface area contributed by atoms with Crippen molar-refractivity contribution in [1.29, 1.82) is 0 Å². The Labute approximate surface area is 80.8 Å². The lowest BCUT2D eigenvalue weighted by molar-refractivity contribution is 0.752. The maximum absolute atomic E-state index is 5.17. The second-order valence-electron chi connectivity index (χ2n) is 1.21. The van der Waals surface area contributed by atoms with Gasteiger partial charge < -0.3 is 11.5 Å². The lowest BCUT2D eigenvalue weighted by Gasteiger charge is -1.92. The summed E-state index contributed by atoms with van der Waals surface area (Å²) in [6.07, 6.45) is 0. The number of hydrogen-bond donors (Lipinski definition) is 2. The van der Waals surface area contributed by atoms with E-state index in [0.29, 0.717) is 6.54 Å². The van der Waals surface area contributed by atoms with Crippen LogP contribution in [0.4, 0.5) is 0 Å². The lowest BCUT2D eigenvalue weighted by Crippen LogP contribution is -2.25. The molecule has 9 heavy (non-hydrogen) atoms. The van der Waals surface area contributed by atoms with E-state index in [4.69, 9.17) is 11.5 Å². The van der Waals surface area contributed by atoms with E-state index in [-0.39, 0.29) is 55.7 Å². The molecular formula is C3H14Cl4N2. The Kier molecular flexibility index (Phi) is 82.2. The summed E-state index contributed by atoms with van der Waals surface area (Å²) in [6.45, 7) is 2.46. The molecule has 0 amide bonds. The Morgan fingerprint density at radius 2 is 1.22 bits per heavy atom. The van der Waals surface area contributed by atoms with Gasteiger partial charge in [-0.05, 0) is 6.92 Å². The molecule has 0 heterocycles. The third-order valence-corrected chi connectivity index (χ3v) is 0.372. The predicted molar refractivity (Wildman–Crippen MR) is 51.7 cm³/mol. The third kappa shape index (κ3) is 48.0. The molecule has 0 saturated heterocycles. The molecule has 0 aromatic rings. The van der Waals surface area contributed by atoms with E-state index in [1.54, 1.807) is 0 Å². The van der Waals surface area contributed by atoms with Crippen LogP contribution in [0.3, 0.4) is 0 Å². The molecule has 0 aromatic carbocycles. The van der Waals surface area contributed by atoms with Crippen LogP contribution in [-0.4, -0.2) is 12.6 Å². The normalized spacial score (nSPS) is 8.33. The Morgan fingerprint density at radius 3 is 1.22 bits per heavy atom. The van der Waals surface area contributed by atoms with Gasteiger partial charge in [0.1, 0.15) is 0 Å². The molecule has 0 spiro atoms. The molecule has 2 nitrogen and oxygen atoms in total. The number of halogens is 4. The predicted octanol–water partition coefficient (Wildman–Crippen LogP) is 0.979. The average molecular weight is 220 g/mol. The smallest absolute Gasteiger partial charge is 0.0134 e. The molecular weight excluding hydrogens is 206 g/mol. The minimum atomic E-state index is 0. The summed E-state index contributed by atoms with van der Waals surface area (Å²) in [5.74, 6) is 0. The van der Waals surface area contributed by atoms with Crippen LogP contribution in [0.5, 0.6) is 0 Å². The fraction of sp³-hybridized carbons (Fsp3) is 1.00. The van der Waals surface area contributed by atoms with E-state index >= 15 is 0 Å². The van der Waals surface area contributed by atoms with Crippen molar-refractivity contribution in [2.45, 2.75) is 13.0 Å². The highest BCUT2D eigenvalue weighted by atomic mass is 35.5. The van der Waals surface area contributed by atoms with Gasteiger partial charge in [-0.15, -0.1) is 49.6 Å². The van der Waals surface area contributed by atoms with Crippen molar-refractivity contribution in [3.05, 3.63) is 0 Å². The number of nitrogens with two attached hydrogens (primary N) is 2. The van der Waals surface area contributed by atoms with E-state index in [9.17, 15) is 0 Å². The second kappa shape index (κ2) is 23.0. The Balaban J connectivity index is -0.0000000133. The number of rotatable bonds is 1. The zero-order valence-electron chi connectivity index (χ0n) is 5.07. The van der Waals surface area contributed by atoms with E-state index in [1.165, 1.54) is 0 Å². The van der Waals surface area contributed by atoms with Crippen LogP contribution in [0.1, 0.15) is 6.92 Å². The molecule has 0 aliphatic carbocycles. The van der Waals surface area contributed by atoms with Crippen LogP contribution >= 0.6 is 49.6 Å². The monoisotopic (exact) mass is 218 g/mol. The van der Waals surface area contributed by atoms with E-state index < -0.39 is 0 Å². The molecule has 1 unspecified atom stereocenters. The summed E-state index contributed by atoms with van der Waals surface area (Å²) < 4.78 is 0. The van der Waals surface area contributed by atoms with Crippen molar-refractivity contribution in [1.82, 2.24) is 0 Å². The summed E-state index contributed by atoms with van der Waals surface area (Å²) in [6, 6.07) is 0.162. The van der Waals surface area contributed by atoms with Crippen molar-refractivity contribution in [3.63, 3.8) is 0 Å². The van der Waals surface area contributed by atoms with Crippen molar-refractivity contribution in [3.8, 4) is 0 Å². The van der Waals surface area contributed by atoms with Gasteiger partial charge in [-0.3, -0.25) is 0 Å². The molecule has 4 N–H and O–H groups in total. The summed E-state index contributed by atoms with van der Waals surface area (Å²) in [5.41, 5.74) is 10.2. The van der Waals surface area contributed by atoms with Crippen molar-refractivity contribution >= 4 is 49.6 Å². The average Bonchev–Trinajstić information content (AvgIpc) is 1.38. The Bertz CT molecular complexity index is 27.8. The largest absolute Gasteiger partial charge is 0.329 e. The molecule has 0 saturated carbocycles. The summed E-state index contributed by atoms with van der Waals surface area (Å²) >= 11 is 0. The van der Waals surface area contributed by atoms with Crippen molar-refractivity contribution in [2.75, 3.05) is 6.54 Å². The first kappa shape index (κ1) is 32.2. The van der Waals surface area contributed by atoms with Crippen LogP contribution < -0.4 is 11.5 Å². The minimum absolute atomic E-state index is 0. The first-order valence-electron chi connectivity index (χ1n) is 1.73. The Morgan fingerprint density at radius 1 is 1.11 bits per heavy atom. The Hall–Kier alpha value is 1.08. The zero-order valence-corrected chi connectivity index (χ0v) is 8.34. The van der Waals surface area contributed by atoms with Gasteiger partial charge in [0.2, 0.25) is 0 Å². The molecule has 0 aliphatic rings. The molecule has 0 aromatic heterocycles. The summed E-state index contributed by atoms with van der Waals surface area (Å²) in [5, 5.41) is 0. The molecule has 6 heteroatoms. The third-order valence-electron chi connectivity index (χ3n) is 0.372. The lowest BCUT2D eigenvalue weighted by atomic mass is 10.4. The highest BCUT2D eigenvalue weighted by Crippen LogP contribution is 1.59. The van der Waals surface area contributed by atoms with Crippen LogP contribution in [0, 0.1) is 0 Å². The minimum Gasteiger partial charge on any atom is -0.329 e. The van der Waals surface area contributed by atoms with Gasteiger partial charge in [0.25, 0.3) is 0 Å². The zero-order chi connectivity index (χ0) is 4.28. The fourth-order valence-electron chi connectivity index (χ4n) is 0. The van der Waals surface area contributed by atoms with Gasteiger partial charge in [0.05, 0.1) is 0 Å². The van der Waals surface area contributed by atoms with Crippen molar-refractivity contribution < 1.29 is 0 Å². The van der Waals surface area contributed by atoms with Gasteiger partial charge in [-0.25, -0.2) is 0 Å². The van der Waals surface area contributed by atoms with Crippen molar-refractivity contribution in [2.24, 2.45) is 11.5 Å². The van der Waals surface area contributed by atoms with Gasteiger partial charge in [0.15, 0.2) is 0 Å². The second-order valence-corrected chi connectivity index (χ2v) is 1.21. The first-order chi connectivity index (χ1) is 2.27. The standard InChI is InChI=1S/C3H10N2.4ClH/c1-3(5)2-4;;;;/h3H,2,4-5H2,1H3;4*1H. The van der Waals surface area contributed by atoms with Crippen LogP contribution in [-0.2, 0) is 0 Å². The van der Waals surface area contributed by atoms with E-state index in [0.717, 1.165) is 0 Å². The molecule has 0 rings (SSSR count). The number of hydrogen-bond acceptors (Lipinski definition) is 2. The topological polar surface area (TPSA) is 52.0 Å². The molecule has 1 atom stereocenters. The summed E-state index contributed by atoms with van der Waals surface area (Å²) in [7, 11) is 0. The van der Waals surface area contributed by atoms with Crippen LogP contribution in [0.2, 0.25) is 0 Å². The van der Waals surface area contributed by atoms with Gasteiger partial charge >= 0.3 is 0 Å². The maximum Gasteiger partial charge on any atom is 0.0134 e. The quantitative estimate of drug-likeness (QED) is 0.691. The van der Waals surface area contributed by atoms with Crippen LogP contribution in [0.15, 0.2) is 0 Å². The van der Waals surface area contributed by atoms with Gasteiger partial charge in [-0.2, -0.15) is 0 Å². The van der Waals surface area contributed by atoms with Gasteiger partial charge in [-0.1, -0.05) is 0 Å². The summed E-state index contributed by atoms with van der Waals surface area (Å²) in [4.78, 5) is 0. The molecule has 0 fully saturated rings.